The van der Waals surface area contributed by atoms with Gasteiger partial charge in [-0.2, -0.15) is 0 Å². The predicted octanol–water partition coefficient (Wildman–Crippen LogP) is 3.11. The second kappa shape index (κ2) is 8.35. The molecule has 0 spiro atoms. The van der Waals surface area contributed by atoms with E-state index in [2.05, 4.69) is 41.4 Å². The summed E-state index contributed by atoms with van der Waals surface area (Å²) >= 11 is 0. The summed E-state index contributed by atoms with van der Waals surface area (Å²) in [6.45, 7) is 4.70. The van der Waals surface area contributed by atoms with Crippen molar-refractivity contribution in [3.05, 3.63) is 36.0 Å². The van der Waals surface area contributed by atoms with Crippen molar-refractivity contribution < 1.29 is 8.42 Å². The minimum Gasteiger partial charge on any atom is -0.382 e. The van der Waals surface area contributed by atoms with Crippen LogP contribution in [-0.4, -0.2) is 56.0 Å². The SMILES string of the molecule is CCCc1cc(NC2CCN(CCS(C)(=O)=O)CC2)c2ccccc2n1. The van der Waals surface area contributed by atoms with E-state index in [0.717, 1.165) is 50.0 Å². The maximum absolute atomic E-state index is 11.3. The smallest absolute Gasteiger partial charge is 0.148 e. The van der Waals surface area contributed by atoms with Crippen molar-refractivity contribution in [1.82, 2.24) is 9.88 Å². The van der Waals surface area contributed by atoms with Gasteiger partial charge in [-0.25, -0.2) is 8.42 Å². The van der Waals surface area contributed by atoms with Crippen molar-refractivity contribution in [2.75, 3.05) is 37.0 Å². The Morgan fingerprint density at radius 2 is 1.96 bits per heavy atom. The Labute approximate surface area is 156 Å². The van der Waals surface area contributed by atoms with Gasteiger partial charge in [-0.3, -0.25) is 4.98 Å². The molecule has 1 N–H and O–H groups in total. The van der Waals surface area contributed by atoms with Gasteiger partial charge >= 0.3 is 0 Å². The number of likely N-dealkylation sites (tertiary alicyclic amines) is 1. The number of para-hydroxylation sites is 1. The third-order valence-electron chi connectivity index (χ3n) is 5.00. The van der Waals surface area contributed by atoms with Crippen molar-refractivity contribution >= 4 is 26.4 Å². The van der Waals surface area contributed by atoms with Gasteiger partial charge in [0.05, 0.1) is 11.3 Å². The number of anilines is 1. The quantitative estimate of drug-likeness (QED) is 0.806. The van der Waals surface area contributed by atoms with Crippen molar-refractivity contribution in [2.24, 2.45) is 0 Å². The summed E-state index contributed by atoms with van der Waals surface area (Å²) in [5, 5.41) is 4.90. The number of piperidine rings is 1. The topological polar surface area (TPSA) is 62.3 Å². The molecule has 1 aliphatic heterocycles. The summed E-state index contributed by atoms with van der Waals surface area (Å²) in [5.74, 6) is 0.250. The van der Waals surface area contributed by atoms with E-state index in [-0.39, 0.29) is 5.75 Å². The highest BCUT2D eigenvalue weighted by atomic mass is 32.2. The van der Waals surface area contributed by atoms with E-state index in [1.54, 1.807) is 0 Å². The zero-order valence-electron chi connectivity index (χ0n) is 15.7. The number of rotatable bonds is 7. The minimum absolute atomic E-state index is 0.250. The number of pyridine rings is 1. The van der Waals surface area contributed by atoms with Gasteiger partial charge in [-0.1, -0.05) is 31.5 Å². The molecule has 5 nitrogen and oxygen atoms in total. The van der Waals surface area contributed by atoms with Crippen LogP contribution in [0.15, 0.2) is 30.3 Å². The maximum atomic E-state index is 11.3. The summed E-state index contributed by atoms with van der Waals surface area (Å²) in [4.78, 5) is 7.03. The molecular formula is C20H29N3O2S. The summed E-state index contributed by atoms with van der Waals surface area (Å²) in [5.41, 5.74) is 3.36. The summed E-state index contributed by atoms with van der Waals surface area (Å²) in [7, 11) is -2.88. The van der Waals surface area contributed by atoms with E-state index < -0.39 is 9.84 Å². The number of aryl methyl sites for hydroxylation is 1. The molecule has 2 aromatic rings. The van der Waals surface area contributed by atoms with E-state index in [9.17, 15) is 8.42 Å². The van der Waals surface area contributed by atoms with Gasteiger partial charge in [-0.05, 0) is 31.4 Å². The van der Waals surface area contributed by atoms with Gasteiger partial charge in [0.25, 0.3) is 0 Å². The molecule has 0 saturated carbocycles. The van der Waals surface area contributed by atoms with E-state index >= 15 is 0 Å². The van der Waals surface area contributed by atoms with Crippen molar-refractivity contribution in [2.45, 2.75) is 38.6 Å². The van der Waals surface area contributed by atoms with Gasteiger partial charge in [0.1, 0.15) is 9.84 Å². The van der Waals surface area contributed by atoms with E-state index in [1.165, 1.54) is 17.3 Å². The Morgan fingerprint density at radius 1 is 1.23 bits per heavy atom. The predicted molar refractivity (Wildman–Crippen MR) is 109 cm³/mol. The minimum atomic E-state index is -2.88. The molecule has 1 fully saturated rings. The average Bonchev–Trinajstić information content (AvgIpc) is 2.61. The lowest BCUT2D eigenvalue weighted by Gasteiger charge is -2.33. The van der Waals surface area contributed by atoms with Crippen LogP contribution in [0.25, 0.3) is 10.9 Å². The Balaban J connectivity index is 1.66. The van der Waals surface area contributed by atoms with E-state index in [1.807, 2.05) is 6.07 Å². The standard InChI is InChI=1S/C20H29N3O2S/c1-3-6-17-15-20(18-7-4-5-8-19(18)22-17)21-16-9-11-23(12-10-16)13-14-26(2,24)25/h4-5,7-8,15-16H,3,6,9-14H2,1-2H3,(H,21,22). The molecule has 0 unspecified atom stereocenters. The molecule has 0 bridgehead atoms. The fraction of sp³-hybridized carbons (Fsp3) is 0.550. The number of benzene rings is 1. The number of sulfone groups is 1. The average molecular weight is 376 g/mol. The van der Waals surface area contributed by atoms with Gasteiger partial charge in [0.15, 0.2) is 0 Å². The van der Waals surface area contributed by atoms with Crippen molar-refractivity contribution in [1.29, 1.82) is 0 Å². The first kappa shape index (κ1) is 19.1. The number of hydrogen-bond acceptors (Lipinski definition) is 5. The molecule has 3 rings (SSSR count). The molecule has 1 aromatic heterocycles. The van der Waals surface area contributed by atoms with Crippen molar-refractivity contribution in [3.63, 3.8) is 0 Å². The van der Waals surface area contributed by atoms with Crippen LogP contribution in [0.4, 0.5) is 5.69 Å². The number of aromatic nitrogens is 1. The molecule has 26 heavy (non-hydrogen) atoms. The molecule has 0 radical (unpaired) electrons. The fourth-order valence-electron chi connectivity index (χ4n) is 3.55. The van der Waals surface area contributed by atoms with Crippen LogP contribution in [0.2, 0.25) is 0 Å². The van der Waals surface area contributed by atoms with E-state index in [4.69, 9.17) is 4.98 Å². The number of nitrogens with zero attached hydrogens (tertiary/aromatic N) is 2. The van der Waals surface area contributed by atoms with Crippen LogP contribution < -0.4 is 5.32 Å². The van der Waals surface area contributed by atoms with Crippen LogP contribution >= 0.6 is 0 Å². The zero-order chi connectivity index (χ0) is 18.6. The molecule has 1 saturated heterocycles. The lowest BCUT2D eigenvalue weighted by atomic mass is 10.0. The van der Waals surface area contributed by atoms with Gasteiger partial charge in [0, 0.05) is 48.7 Å². The molecule has 1 aliphatic rings. The van der Waals surface area contributed by atoms with Crippen LogP contribution in [0.5, 0.6) is 0 Å². The summed E-state index contributed by atoms with van der Waals surface area (Å²) in [6, 6.07) is 10.9. The first-order chi connectivity index (χ1) is 12.4. The number of fused-ring (bicyclic) bond motifs is 1. The highest BCUT2D eigenvalue weighted by Gasteiger charge is 2.20. The van der Waals surface area contributed by atoms with Crippen LogP contribution in [0.1, 0.15) is 31.9 Å². The maximum Gasteiger partial charge on any atom is 0.148 e. The summed E-state index contributed by atoms with van der Waals surface area (Å²) in [6.07, 6.45) is 5.45. The second-order valence-electron chi connectivity index (χ2n) is 7.32. The largest absolute Gasteiger partial charge is 0.382 e. The fourth-order valence-corrected chi connectivity index (χ4v) is 4.14. The van der Waals surface area contributed by atoms with E-state index in [0.29, 0.717) is 12.6 Å². The van der Waals surface area contributed by atoms with Gasteiger partial charge in [0.2, 0.25) is 0 Å². The third kappa shape index (κ3) is 5.17. The lowest BCUT2D eigenvalue weighted by molar-refractivity contribution is 0.230. The first-order valence-electron chi connectivity index (χ1n) is 9.50. The second-order valence-corrected chi connectivity index (χ2v) is 9.58. The number of hydrogen-bond donors (Lipinski definition) is 1. The molecule has 0 aliphatic carbocycles. The van der Waals surface area contributed by atoms with Gasteiger partial charge < -0.3 is 10.2 Å². The highest BCUT2D eigenvalue weighted by molar-refractivity contribution is 7.90. The highest BCUT2D eigenvalue weighted by Crippen LogP contribution is 2.26. The Bertz CT molecular complexity index is 843. The lowest BCUT2D eigenvalue weighted by Crippen LogP contribution is -2.41. The molecule has 2 heterocycles. The summed E-state index contributed by atoms with van der Waals surface area (Å²) < 4.78 is 22.7. The third-order valence-corrected chi connectivity index (χ3v) is 5.93. The molecule has 142 valence electrons. The Morgan fingerprint density at radius 3 is 2.65 bits per heavy atom. The van der Waals surface area contributed by atoms with Gasteiger partial charge in [-0.15, -0.1) is 0 Å². The van der Waals surface area contributed by atoms with Crippen molar-refractivity contribution in [3.8, 4) is 0 Å². The Kier molecular flexibility index (Phi) is 6.14. The number of nitrogens with one attached hydrogen (secondary N) is 1. The molecular weight excluding hydrogens is 346 g/mol. The Hall–Kier alpha value is -1.66. The van der Waals surface area contributed by atoms with Crippen LogP contribution in [0, 0.1) is 0 Å². The normalized spacial score (nSPS) is 16.8. The molecule has 0 amide bonds. The monoisotopic (exact) mass is 375 g/mol. The zero-order valence-corrected chi connectivity index (χ0v) is 16.6. The molecule has 1 aromatic carbocycles. The van der Waals surface area contributed by atoms with Crippen LogP contribution in [-0.2, 0) is 16.3 Å². The van der Waals surface area contributed by atoms with Crippen LogP contribution in [0.3, 0.4) is 0 Å². The first-order valence-corrected chi connectivity index (χ1v) is 11.6. The molecule has 6 heteroatoms. The molecule has 0 atom stereocenters.